The van der Waals surface area contributed by atoms with Gasteiger partial charge in [0.15, 0.2) is 11.6 Å². The molecule has 0 aliphatic carbocycles. The van der Waals surface area contributed by atoms with Crippen LogP contribution in [0.2, 0.25) is 0 Å². The van der Waals surface area contributed by atoms with Gasteiger partial charge in [0, 0.05) is 6.07 Å². The van der Waals surface area contributed by atoms with Crippen LogP contribution in [0.4, 0.5) is 10.1 Å². The van der Waals surface area contributed by atoms with Crippen LogP contribution >= 0.6 is 0 Å². The average molecular weight is 320 g/mol. The highest BCUT2D eigenvalue weighted by atomic mass is 32.2. The lowest BCUT2D eigenvalue weighted by Gasteiger charge is -2.12. The normalized spacial score (nSPS) is 12.9. The molecule has 0 amide bonds. The van der Waals surface area contributed by atoms with Gasteiger partial charge in [-0.15, -0.1) is 0 Å². The van der Waals surface area contributed by atoms with Gasteiger partial charge in [-0.2, -0.15) is 0 Å². The Balaban J connectivity index is 2.44. The molecule has 0 spiro atoms. The summed E-state index contributed by atoms with van der Waals surface area (Å²) in [6.45, 7) is 2.02. The number of ether oxygens (including phenoxy) is 1. The minimum atomic E-state index is -3.48. The van der Waals surface area contributed by atoms with Gasteiger partial charge >= 0.3 is 0 Å². The van der Waals surface area contributed by atoms with E-state index in [0.29, 0.717) is 12.8 Å². The summed E-state index contributed by atoms with van der Waals surface area (Å²) in [5.41, 5.74) is -0.346. The number of hydrogen-bond acceptors (Lipinski definition) is 5. The first-order valence-corrected chi connectivity index (χ1v) is 7.98. The fourth-order valence-electron chi connectivity index (χ4n) is 1.60. The predicted octanol–water partition coefficient (Wildman–Crippen LogP) is 1.82. The summed E-state index contributed by atoms with van der Waals surface area (Å²) in [6, 6.07) is 3.14. The standard InChI is InChI=1S/C12H17FN2O5S/c1-9(5-7-21(14,18)19)4-6-20-12-3-2-10(15(16)17)8-11(12)13/h2-3,8-9H,4-7H2,1H3,(H2,14,18,19). The number of hydrogen-bond donors (Lipinski definition) is 1. The van der Waals surface area contributed by atoms with Crippen molar-refractivity contribution in [3.63, 3.8) is 0 Å². The lowest BCUT2D eigenvalue weighted by Crippen LogP contribution is -2.18. The Morgan fingerprint density at radius 2 is 2.10 bits per heavy atom. The number of rotatable bonds is 8. The Morgan fingerprint density at radius 1 is 1.43 bits per heavy atom. The second-order valence-corrected chi connectivity index (χ2v) is 6.50. The summed E-state index contributed by atoms with van der Waals surface area (Å²) in [7, 11) is -3.48. The van der Waals surface area contributed by atoms with Crippen LogP contribution in [0, 0.1) is 21.8 Å². The zero-order valence-electron chi connectivity index (χ0n) is 11.5. The molecule has 1 aromatic carbocycles. The quantitative estimate of drug-likeness (QED) is 0.580. The molecule has 1 aromatic rings. The highest BCUT2D eigenvalue weighted by molar-refractivity contribution is 7.89. The van der Waals surface area contributed by atoms with E-state index in [2.05, 4.69) is 0 Å². The largest absolute Gasteiger partial charge is 0.491 e. The number of primary sulfonamides is 1. The Morgan fingerprint density at radius 3 is 2.62 bits per heavy atom. The van der Waals surface area contributed by atoms with Crippen molar-refractivity contribution in [1.82, 2.24) is 0 Å². The van der Waals surface area contributed by atoms with Crippen LogP contribution in [0.25, 0.3) is 0 Å². The van der Waals surface area contributed by atoms with Gasteiger partial charge in [-0.05, 0) is 24.8 Å². The molecule has 0 fully saturated rings. The third kappa shape index (κ3) is 6.50. The van der Waals surface area contributed by atoms with Crippen LogP contribution in [0.1, 0.15) is 19.8 Å². The van der Waals surface area contributed by atoms with E-state index in [1.54, 1.807) is 0 Å². The summed E-state index contributed by atoms with van der Waals surface area (Å²) >= 11 is 0. The lowest BCUT2D eigenvalue weighted by atomic mass is 10.1. The molecule has 0 aliphatic heterocycles. The van der Waals surface area contributed by atoms with Crippen molar-refractivity contribution in [3.8, 4) is 5.75 Å². The molecule has 7 nitrogen and oxygen atoms in total. The highest BCUT2D eigenvalue weighted by Crippen LogP contribution is 2.23. The molecule has 0 aromatic heterocycles. The molecule has 0 radical (unpaired) electrons. The van der Waals surface area contributed by atoms with Crippen LogP contribution in [0.3, 0.4) is 0 Å². The summed E-state index contributed by atoms with van der Waals surface area (Å²) in [4.78, 5) is 9.77. The third-order valence-corrected chi connectivity index (χ3v) is 3.69. The van der Waals surface area contributed by atoms with Gasteiger partial charge in [-0.1, -0.05) is 6.92 Å². The highest BCUT2D eigenvalue weighted by Gasteiger charge is 2.12. The Bertz CT molecular complexity index is 606. The summed E-state index contributed by atoms with van der Waals surface area (Å²) in [5, 5.41) is 15.4. The first-order chi connectivity index (χ1) is 9.69. The van der Waals surface area contributed by atoms with Crippen molar-refractivity contribution in [2.75, 3.05) is 12.4 Å². The zero-order chi connectivity index (χ0) is 16.0. The molecular formula is C12H17FN2O5S. The van der Waals surface area contributed by atoms with E-state index in [-0.39, 0.29) is 29.7 Å². The van der Waals surface area contributed by atoms with Gasteiger partial charge in [0.2, 0.25) is 10.0 Å². The topological polar surface area (TPSA) is 113 Å². The van der Waals surface area contributed by atoms with Crippen LogP contribution < -0.4 is 9.88 Å². The van der Waals surface area contributed by atoms with E-state index < -0.39 is 20.8 Å². The molecule has 1 unspecified atom stereocenters. The van der Waals surface area contributed by atoms with Crippen LogP contribution in [0.15, 0.2) is 18.2 Å². The summed E-state index contributed by atoms with van der Waals surface area (Å²) in [6.07, 6.45) is 0.914. The fraction of sp³-hybridized carbons (Fsp3) is 0.500. The van der Waals surface area contributed by atoms with Crippen molar-refractivity contribution < 1.29 is 22.5 Å². The molecule has 0 aliphatic rings. The van der Waals surface area contributed by atoms with Gasteiger partial charge in [0.25, 0.3) is 5.69 Å². The maximum atomic E-state index is 13.5. The van der Waals surface area contributed by atoms with E-state index >= 15 is 0 Å². The Labute approximate surface area is 122 Å². The molecule has 1 atom stereocenters. The second kappa shape index (κ2) is 7.32. The monoisotopic (exact) mass is 320 g/mol. The molecule has 0 saturated heterocycles. The fourth-order valence-corrected chi connectivity index (χ4v) is 2.33. The number of nitrogens with two attached hydrogens (primary N) is 1. The van der Waals surface area contributed by atoms with E-state index in [9.17, 15) is 22.9 Å². The number of nitro groups is 1. The van der Waals surface area contributed by atoms with Crippen LogP contribution in [-0.4, -0.2) is 25.7 Å². The third-order valence-electron chi connectivity index (χ3n) is 2.89. The first kappa shape index (κ1) is 17.3. The maximum absolute atomic E-state index is 13.5. The molecule has 118 valence electrons. The number of sulfonamides is 1. The summed E-state index contributed by atoms with van der Waals surface area (Å²) < 4.78 is 40.3. The number of nitro benzene ring substituents is 1. The van der Waals surface area contributed by atoms with Gasteiger partial charge in [-0.25, -0.2) is 17.9 Å². The molecule has 0 saturated carbocycles. The summed E-state index contributed by atoms with van der Waals surface area (Å²) in [5.74, 6) is -0.940. The van der Waals surface area contributed by atoms with Gasteiger partial charge in [0.1, 0.15) is 0 Å². The number of nitrogens with zero attached hydrogens (tertiary/aromatic N) is 1. The molecule has 21 heavy (non-hydrogen) atoms. The Hall–Kier alpha value is -1.74. The zero-order valence-corrected chi connectivity index (χ0v) is 12.3. The number of non-ortho nitro benzene ring substituents is 1. The van der Waals surface area contributed by atoms with E-state index in [1.165, 1.54) is 6.07 Å². The second-order valence-electron chi connectivity index (χ2n) is 4.77. The number of halogens is 1. The minimum Gasteiger partial charge on any atom is -0.491 e. The van der Waals surface area contributed by atoms with Crippen LogP contribution in [0.5, 0.6) is 5.75 Å². The van der Waals surface area contributed by atoms with E-state index in [1.807, 2.05) is 6.92 Å². The number of benzene rings is 1. The van der Waals surface area contributed by atoms with Crippen molar-refractivity contribution in [2.24, 2.45) is 11.1 Å². The first-order valence-electron chi connectivity index (χ1n) is 6.26. The smallest absolute Gasteiger partial charge is 0.272 e. The van der Waals surface area contributed by atoms with Gasteiger partial charge in [0.05, 0.1) is 23.3 Å². The van der Waals surface area contributed by atoms with Gasteiger partial charge in [-0.3, -0.25) is 10.1 Å². The lowest BCUT2D eigenvalue weighted by molar-refractivity contribution is -0.385. The van der Waals surface area contributed by atoms with Crippen molar-refractivity contribution in [3.05, 3.63) is 34.1 Å². The Kier molecular flexibility index (Phi) is 6.03. The molecule has 0 bridgehead atoms. The van der Waals surface area contributed by atoms with Gasteiger partial charge < -0.3 is 4.74 Å². The average Bonchev–Trinajstić information content (AvgIpc) is 2.37. The minimum absolute atomic E-state index is 0.0458. The maximum Gasteiger partial charge on any atom is 0.272 e. The van der Waals surface area contributed by atoms with Crippen molar-refractivity contribution in [1.29, 1.82) is 0 Å². The SMILES string of the molecule is CC(CCOc1ccc([N+](=O)[O-])cc1F)CCS(N)(=O)=O. The molecule has 9 heteroatoms. The predicted molar refractivity (Wildman–Crippen MR) is 74.9 cm³/mol. The molecular weight excluding hydrogens is 303 g/mol. The van der Waals surface area contributed by atoms with Crippen molar-refractivity contribution in [2.45, 2.75) is 19.8 Å². The van der Waals surface area contributed by atoms with E-state index in [0.717, 1.165) is 12.1 Å². The molecule has 0 heterocycles. The van der Waals surface area contributed by atoms with E-state index in [4.69, 9.17) is 9.88 Å². The molecule has 1 rings (SSSR count). The molecule has 2 N–H and O–H groups in total. The van der Waals surface area contributed by atoms with Crippen LogP contribution in [-0.2, 0) is 10.0 Å². The van der Waals surface area contributed by atoms with Crippen molar-refractivity contribution >= 4 is 15.7 Å².